The highest BCUT2D eigenvalue weighted by Gasteiger charge is 2.23. The lowest BCUT2D eigenvalue weighted by molar-refractivity contribution is 1.15. The molecule has 0 fully saturated rings. The zero-order chi connectivity index (χ0) is 10.3. The summed E-state index contributed by atoms with van der Waals surface area (Å²) in [5.41, 5.74) is 6.71. The van der Waals surface area contributed by atoms with Crippen LogP contribution >= 0.6 is 0 Å². The molecule has 14 heavy (non-hydrogen) atoms. The van der Waals surface area contributed by atoms with Gasteiger partial charge in [-0.15, -0.1) is 0 Å². The maximum Gasteiger partial charge on any atom is 0.0548 e. The number of benzene rings is 1. The summed E-state index contributed by atoms with van der Waals surface area (Å²) >= 11 is 0. The minimum absolute atomic E-state index is 0.250. The van der Waals surface area contributed by atoms with Crippen molar-refractivity contribution < 1.29 is 0 Å². The Kier molecular flexibility index (Phi) is 2.36. The number of fused-ring (bicyclic) bond motifs is 1. The van der Waals surface area contributed by atoms with Crippen molar-refractivity contribution in [2.45, 2.75) is 32.5 Å². The summed E-state index contributed by atoms with van der Waals surface area (Å²) in [6.45, 7) is 9.25. The van der Waals surface area contributed by atoms with Gasteiger partial charge in [-0.1, -0.05) is 37.4 Å². The Labute approximate surface area is 88.3 Å². The molecule has 0 bridgehead atoms. The monoisotopic (exact) mass is 201 g/mol. The molecule has 1 heteroatoms. The summed E-state index contributed by atoms with van der Waals surface area (Å²) in [6, 6.07) is 4.50. The number of rotatable bonds is 1. The Bertz CT molecular complexity index is 388. The van der Waals surface area contributed by atoms with E-state index in [9.17, 15) is 0 Å². The number of hydrogen-bond acceptors (Lipinski definition) is 0. The van der Waals surface area contributed by atoms with Crippen LogP contribution in [0.15, 0.2) is 18.2 Å². The van der Waals surface area contributed by atoms with E-state index in [0.717, 1.165) is 5.54 Å². The Morgan fingerprint density at radius 1 is 1.07 bits per heavy atom. The lowest BCUT2D eigenvalue weighted by atomic mass is 9.99. The highest BCUT2D eigenvalue weighted by molar-refractivity contribution is 6.58. The van der Waals surface area contributed by atoms with Gasteiger partial charge < -0.3 is 0 Å². The van der Waals surface area contributed by atoms with Crippen LogP contribution in [0.1, 0.15) is 27.8 Å². The van der Waals surface area contributed by atoms with Gasteiger partial charge in [-0.05, 0) is 41.6 Å². The standard InChI is InChI=1S/C13H17Si/c1-9-5-6-10(2)13-11(9)7-8-12(13)14(3)4/h5-8,12H,1-4H3. The van der Waals surface area contributed by atoms with Crippen molar-refractivity contribution >= 4 is 14.9 Å². The summed E-state index contributed by atoms with van der Waals surface area (Å²) in [6.07, 6.45) is 4.72. The lowest BCUT2D eigenvalue weighted by Crippen LogP contribution is -2.13. The molecule has 0 saturated heterocycles. The van der Waals surface area contributed by atoms with E-state index in [1.807, 2.05) is 0 Å². The highest BCUT2D eigenvalue weighted by atomic mass is 28.3. The van der Waals surface area contributed by atoms with Crippen molar-refractivity contribution in [3.8, 4) is 0 Å². The van der Waals surface area contributed by atoms with Gasteiger partial charge in [-0.3, -0.25) is 0 Å². The van der Waals surface area contributed by atoms with Crippen LogP contribution in [0.25, 0.3) is 6.08 Å². The van der Waals surface area contributed by atoms with Crippen LogP contribution in [0, 0.1) is 13.8 Å². The molecule has 1 atom stereocenters. The zero-order valence-corrected chi connectivity index (χ0v) is 10.4. The third kappa shape index (κ3) is 1.36. The maximum absolute atomic E-state index is 2.40. The van der Waals surface area contributed by atoms with E-state index in [2.05, 4.69) is 51.2 Å². The minimum Gasteiger partial charge on any atom is -0.0794 e. The molecule has 0 N–H and O–H groups in total. The van der Waals surface area contributed by atoms with Crippen LogP contribution in [0.3, 0.4) is 0 Å². The van der Waals surface area contributed by atoms with Gasteiger partial charge in [0.15, 0.2) is 0 Å². The Balaban J connectivity index is 2.58. The van der Waals surface area contributed by atoms with Crippen LogP contribution in [0.4, 0.5) is 0 Å². The van der Waals surface area contributed by atoms with Crippen molar-refractivity contribution in [3.63, 3.8) is 0 Å². The first-order valence-corrected chi connectivity index (χ1v) is 7.77. The molecule has 0 aromatic heterocycles. The van der Waals surface area contributed by atoms with Crippen LogP contribution in [-0.4, -0.2) is 8.80 Å². The fourth-order valence-corrected chi connectivity index (χ4v) is 3.70. The first-order valence-electron chi connectivity index (χ1n) is 5.19. The molecule has 0 nitrogen and oxygen atoms in total. The topological polar surface area (TPSA) is 0 Å². The Hall–Kier alpha value is -0.823. The van der Waals surface area contributed by atoms with E-state index in [1.54, 1.807) is 5.56 Å². The van der Waals surface area contributed by atoms with Crippen molar-refractivity contribution in [3.05, 3.63) is 40.5 Å². The molecule has 0 spiro atoms. The molecular weight excluding hydrogens is 184 g/mol. The van der Waals surface area contributed by atoms with Crippen LogP contribution in [0.5, 0.6) is 0 Å². The second-order valence-electron chi connectivity index (χ2n) is 4.44. The molecular formula is C13H17Si. The minimum atomic E-state index is -0.250. The van der Waals surface area contributed by atoms with E-state index in [0.29, 0.717) is 0 Å². The zero-order valence-electron chi connectivity index (χ0n) is 9.39. The van der Waals surface area contributed by atoms with Crippen molar-refractivity contribution in [2.24, 2.45) is 0 Å². The van der Waals surface area contributed by atoms with E-state index >= 15 is 0 Å². The lowest BCUT2D eigenvalue weighted by Gasteiger charge is -2.17. The third-order valence-corrected chi connectivity index (χ3v) is 4.84. The van der Waals surface area contributed by atoms with Crippen molar-refractivity contribution in [1.82, 2.24) is 0 Å². The van der Waals surface area contributed by atoms with Crippen LogP contribution in [-0.2, 0) is 0 Å². The van der Waals surface area contributed by atoms with Gasteiger partial charge in [0.2, 0.25) is 0 Å². The summed E-state index contributed by atoms with van der Waals surface area (Å²) in [5, 5.41) is 0. The van der Waals surface area contributed by atoms with E-state index in [1.165, 1.54) is 16.7 Å². The van der Waals surface area contributed by atoms with Gasteiger partial charge in [-0.25, -0.2) is 0 Å². The van der Waals surface area contributed by atoms with Crippen molar-refractivity contribution in [1.29, 1.82) is 0 Å². The van der Waals surface area contributed by atoms with Gasteiger partial charge in [0, 0.05) is 0 Å². The first kappa shape index (κ1) is 9.72. The molecule has 0 heterocycles. The molecule has 73 valence electrons. The molecule has 1 aliphatic rings. The second-order valence-corrected chi connectivity index (χ2v) is 7.22. The number of hydrogen-bond donors (Lipinski definition) is 0. The van der Waals surface area contributed by atoms with Gasteiger partial charge >= 0.3 is 0 Å². The smallest absolute Gasteiger partial charge is 0.0548 e. The van der Waals surface area contributed by atoms with Gasteiger partial charge in [0.25, 0.3) is 0 Å². The second kappa shape index (κ2) is 3.39. The van der Waals surface area contributed by atoms with Gasteiger partial charge in [0.1, 0.15) is 0 Å². The molecule has 1 unspecified atom stereocenters. The van der Waals surface area contributed by atoms with E-state index in [-0.39, 0.29) is 8.80 Å². The fourth-order valence-electron chi connectivity index (χ4n) is 2.26. The average Bonchev–Trinajstić information content (AvgIpc) is 2.56. The van der Waals surface area contributed by atoms with Gasteiger partial charge in [-0.2, -0.15) is 0 Å². The SMILES string of the molecule is Cc1ccc(C)c2c1C=CC2[Si](C)C. The fraction of sp³-hybridized carbons (Fsp3) is 0.385. The largest absolute Gasteiger partial charge is 0.0794 e. The van der Waals surface area contributed by atoms with Crippen LogP contribution < -0.4 is 0 Å². The molecule has 1 aromatic rings. The Morgan fingerprint density at radius 3 is 2.36 bits per heavy atom. The third-order valence-electron chi connectivity index (χ3n) is 3.11. The normalized spacial score (nSPS) is 19.1. The van der Waals surface area contributed by atoms with Crippen molar-refractivity contribution in [2.75, 3.05) is 0 Å². The molecule has 2 rings (SSSR count). The molecule has 1 aliphatic carbocycles. The average molecular weight is 201 g/mol. The molecule has 0 amide bonds. The molecule has 1 aromatic carbocycles. The number of aryl methyl sites for hydroxylation is 2. The summed E-state index contributed by atoms with van der Waals surface area (Å²) < 4.78 is 0. The van der Waals surface area contributed by atoms with Gasteiger partial charge in [0.05, 0.1) is 8.80 Å². The molecule has 0 aliphatic heterocycles. The summed E-state index contributed by atoms with van der Waals surface area (Å²) in [7, 11) is -0.250. The molecule has 1 radical (unpaired) electrons. The van der Waals surface area contributed by atoms with E-state index in [4.69, 9.17) is 0 Å². The number of allylic oxidation sites excluding steroid dienone is 1. The van der Waals surface area contributed by atoms with E-state index < -0.39 is 0 Å². The predicted octanol–water partition coefficient (Wildman–Crippen LogP) is 3.71. The van der Waals surface area contributed by atoms with Crippen LogP contribution in [0.2, 0.25) is 13.1 Å². The summed E-state index contributed by atoms with van der Waals surface area (Å²) in [4.78, 5) is 0. The first-order chi connectivity index (χ1) is 6.61. The highest BCUT2D eigenvalue weighted by Crippen LogP contribution is 2.36. The predicted molar refractivity (Wildman–Crippen MR) is 65.2 cm³/mol. The Morgan fingerprint density at radius 2 is 1.71 bits per heavy atom. The quantitative estimate of drug-likeness (QED) is 0.608. The molecule has 0 saturated carbocycles. The summed E-state index contributed by atoms with van der Waals surface area (Å²) in [5.74, 6) is 0. The maximum atomic E-state index is 2.40.